The van der Waals surface area contributed by atoms with Gasteiger partial charge in [0.1, 0.15) is 0 Å². The number of nitrogens with one attached hydrogen (secondary N) is 2. The van der Waals surface area contributed by atoms with Crippen LogP contribution in [0.2, 0.25) is 0 Å². The second-order valence-corrected chi connectivity index (χ2v) is 4.56. The molecule has 0 aliphatic rings. The Balaban J connectivity index is 2.67. The van der Waals surface area contributed by atoms with Crippen LogP contribution in [0.5, 0.6) is 0 Å². The molecule has 0 heterocycles. The SMILES string of the molecule is COCCC(C)NC(=O)Nc1cccc(C(=O)O)c1C. The molecule has 1 unspecified atom stereocenters. The molecule has 0 fully saturated rings. The Kier molecular flexibility index (Phi) is 5.99. The van der Waals surface area contributed by atoms with Crippen molar-refractivity contribution in [3.63, 3.8) is 0 Å². The minimum absolute atomic E-state index is 0.0297. The molecule has 6 heteroatoms. The maximum absolute atomic E-state index is 11.8. The first kappa shape index (κ1) is 16.0. The van der Waals surface area contributed by atoms with Gasteiger partial charge in [0.05, 0.1) is 5.56 Å². The number of amides is 2. The molecule has 1 aromatic carbocycles. The maximum Gasteiger partial charge on any atom is 0.336 e. The highest BCUT2D eigenvalue weighted by Crippen LogP contribution is 2.18. The lowest BCUT2D eigenvalue weighted by Gasteiger charge is -2.15. The Labute approximate surface area is 118 Å². The van der Waals surface area contributed by atoms with E-state index in [1.54, 1.807) is 26.2 Å². The molecular formula is C14H20N2O4. The number of hydrogen-bond acceptors (Lipinski definition) is 3. The molecule has 20 heavy (non-hydrogen) atoms. The van der Waals surface area contributed by atoms with Gasteiger partial charge in [-0.05, 0) is 38.0 Å². The maximum atomic E-state index is 11.8. The second-order valence-electron chi connectivity index (χ2n) is 4.56. The van der Waals surface area contributed by atoms with Crippen LogP contribution in [0, 0.1) is 6.92 Å². The van der Waals surface area contributed by atoms with E-state index in [1.807, 2.05) is 6.92 Å². The molecule has 0 radical (unpaired) electrons. The minimum atomic E-state index is -1.01. The Bertz CT molecular complexity index is 488. The zero-order valence-corrected chi connectivity index (χ0v) is 11.9. The number of urea groups is 1. The lowest BCUT2D eigenvalue weighted by atomic mass is 10.1. The fourth-order valence-corrected chi connectivity index (χ4v) is 1.75. The molecule has 0 saturated carbocycles. The number of carbonyl (C=O) groups excluding carboxylic acids is 1. The highest BCUT2D eigenvalue weighted by molar-refractivity contribution is 5.95. The third kappa shape index (κ3) is 4.55. The third-order valence-corrected chi connectivity index (χ3v) is 2.94. The molecule has 0 spiro atoms. The summed E-state index contributed by atoms with van der Waals surface area (Å²) in [5.74, 6) is -1.01. The number of methoxy groups -OCH3 is 1. The number of ether oxygens (including phenoxy) is 1. The van der Waals surface area contributed by atoms with Crippen molar-refractivity contribution >= 4 is 17.7 Å². The number of aromatic carboxylic acids is 1. The first-order chi connectivity index (χ1) is 9.45. The van der Waals surface area contributed by atoms with Gasteiger partial charge in [-0.3, -0.25) is 0 Å². The van der Waals surface area contributed by atoms with Gasteiger partial charge in [-0.15, -0.1) is 0 Å². The predicted molar refractivity (Wildman–Crippen MR) is 76.2 cm³/mol. The summed E-state index contributed by atoms with van der Waals surface area (Å²) in [5, 5.41) is 14.4. The Hall–Kier alpha value is -2.08. The number of rotatable bonds is 6. The number of carbonyl (C=O) groups is 2. The standard InChI is InChI=1S/C14H20N2O4/c1-9(7-8-20-3)15-14(19)16-12-6-4-5-11(10(12)2)13(17)18/h4-6,9H,7-8H2,1-3H3,(H,17,18)(H2,15,16,19). The van der Waals surface area contributed by atoms with Gasteiger partial charge in [0.15, 0.2) is 0 Å². The molecular weight excluding hydrogens is 260 g/mol. The van der Waals surface area contributed by atoms with E-state index < -0.39 is 5.97 Å². The summed E-state index contributed by atoms with van der Waals surface area (Å²) >= 11 is 0. The van der Waals surface area contributed by atoms with Crippen LogP contribution in [0.15, 0.2) is 18.2 Å². The molecule has 0 aliphatic carbocycles. The van der Waals surface area contributed by atoms with Crippen molar-refractivity contribution in [2.45, 2.75) is 26.3 Å². The van der Waals surface area contributed by atoms with Gasteiger partial charge in [-0.25, -0.2) is 9.59 Å². The van der Waals surface area contributed by atoms with E-state index in [2.05, 4.69) is 10.6 Å². The van der Waals surface area contributed by atoms with Gasteiger partial charge in [0.2, 0.25) is 0 Å². The summed E-state index contributed by atoms with van der Waals surface area (Å²) in [6.45, 7) is 4.10. The van der Waals surface area contributed by atoms with E-state index in [4.69, 9.17) is 9.84 Å². The molecule has 110 valence electrons. The van der Waals surface area contributed by atoms with E-state index in [1.165, 1.54) is 6.07 Å². The van der Waals surface area contributed by atoms with Gasteiger partial charge >= 0.3 is 12.0 Å². The van der Waals surface area contributed by atoms with Crippen LogP contribution in [-0.2, 0) is 4.74 Å². The number of carboxylic acids is 1. The van der Waals surface area contributed by atoms with E-state index in [9.17, 15) is 9.59 Å². The monoisotopic (exact) mass is 280 g/mol. The van der Waals surface area contributed by atoms with Gasteiger partial charge in [-0.1, -0.05) is 6.07 Å². The Morgan fingerprint density at radius 3 is 2.70 bits per heavy atom. The number of benzene rings is 1. The smallest absolute Gasteiger partial charge is 0.336 e. The van der Waals surface area contributed by atoms with Crippen molar-refractivity contribution in [2.75, 3.05) is 19.0 Å². The summed E-state index contributed by atoms with van der Waals surface area (Å²) in [7, 11) is 1.60. The Morgan fingerprint density at radius 2 is 2.10 bits per heavy atom. The topological polar surface area (TPSA) is 87.7 Å². The Morgan fingerprint density at radius 1 is 1.40 bits per heavy atom. The molecule has 0 bridgehead atoms. The average molecular weight is 280 g/mol. The van der Waals surface area contributed by atoms with E-state index >= 15 is 0 Å². The van der Waals surface area contributed by atoms with Crippen LogP contribution in [0.1, 0.15) is 29.3 Å². The van der Waals surface area contributed by atoms with Crippen LogP contribution in [0.4, 0.5) is 10.5 Å². The van der Waals surface area contributed by atoms with Gasteiger partial charge in [-0.2, -0.15) is 0 Å². The van der Waals surface area contributed by atoms with Crippen molar-refractivity contribution in [3.05, 3.63) is 29.3 Å². The number of hydrogen-bond donors (Lipinski definition) is 3. The molecule has 6 nitrogen and oxygen atoms in total. The van der Waals surface area contributed by atoms with Crippen molar-refractivity contribution in [2.24, 2.45) is 0 Å². The second kappa shape index (κ2) is 7.49. The molecule has 3 N–H and O–H groups in total. The van der Waals surface area contributed by atoms with Crippen molar-refractivity contribution < 1.29 is 19.4 Å². The minimum Gasteiger partial charge on any atom is -0.478 e. The highest BCUT2D eigenvalue weighted by Gasteiger charge is 2.13. The average Bonchev–Trinajstić information content (AvgIpc) is 2.38. The van der Waals surface area contributed by atoms with Gasteiger partial charge in [0, 0.05) is 25.4 Å². The van der Waals surface area contributed by atoms with Crippen LogP contribution < -0.4 is 10.6 Å². The fraction of sp³-hybridized carbons (Fsp3) is 0.429. The van der Waals surface area contributed by atoms with Crippen LogP contribution in [0.3, 0.4) is 0 Å². The predicted octanol–water partition coefficient (Wildman–Crippen LogP) is 2.24. The zero-order chi connectivity index (χ0) is 15.1. The van der Waals surface area contributed by atoms with E-state index in [0.717, 1.165) is 0 Å². The summed E-state index contributed by atoms with van der Waals surface area (Å²) < 4.78 is 4.94. The van der Waals surface area contributed by atoms with Gasteiger partial charge < -0.3 is 20.5 Å². The number of carboxylic acid groups (broad SMARTS) is 1. The van der Waals surface area contributed by atoms with E-state index in [0.29, 0.717) is 24.3 Å². The van der Waals surface area contributed by atoms with Crippen molar-refractivity contribution in [1.82, 2.24) is 5.32 Å². The molecule has 1 aromatic rings. The molecule has 0 saturated heterocycles. The molecule has 2 amide bonds. The normalized spacial score (nSPS) is 11.8. The largest absolute Gasteiger partial charge is 0.478 e. The molecule has 1 atom stereocenters. The lowest BCUT2D eigenvalue weighted by molar-refractivity contribution is 0.0696. The third-order valence-electron chi connectivity index (χ3n) is 2.94. The quantitative estimate of drug-likeness (QED) is 0.745. The lowest BCUT2D eigenvalue weighted by Crippen LogP contribution is -2.36. The molecule has 0 aromatic heterocycles. The first-order valence-corrected chi connectivity index (χ1v) is 6.35. The summed E-state index contributed by atoms with van der Waals surface area (Å²) in [4.78, 5) is 22.8. The fourth-order valence-electron chi connectivity index (χ4n) is 1.75. The summed E-state index contributed by atoms with van der Waals surface area (Å²) in [6, 6.07) is 4.38. The van der Waals surface area contributed by atoms with Crippen molar-refractivity contribution in [3.8, 4) is 0 Å². The first-order valence-electron chi connectivity index (χ1n) is 6.35. The van der Waals surface area contributed by atoms with Crippen LogP contribution in [-0.4, -0.2) is 36.9 Å². The molecule has 0 aliphatic heterocycles. The van der Waals surface area contributed by atoms with Crippen LogP contribution >= 0.6 is 0 Å². The van der Waals surface area contributed by atoms with E-state index in [-0.39, 0.29) is 17.6 Å². The van der Waals surface area contributed by atoms with Crippen LogP contribution in [0.25, 0.3) is 0 Å². The zero-order valence-electron chi connectivity index (χ0n) is 11.9. The number of anilines is 1. The summed E-state index contributed by atoms with van der Waals surface area (Å²) in [6.07, 6.45) is 0.706. The molecule has 1 rings (SSSR count). The highest BCUT2D eigenvalue weighted by atomic mass is 16.5. The summed E-state index contributed by atoms with van der Waals surface area (Å²) in [5.41, 5.74) is 1.19. The van der Waals surface area contributed by atoms with Gasteiger partial charge in [0.25, 0.3) is 0 Å². The van der Waals surface area contributed by atoms with Crippen molar-refractivity contribution in [1.29, 1.82) is 0 Å².